The van der Waals surface area contributed by atoms with E-state index in [1.54, 1.807) is 11.0 Å². The maximum Gasteiger partial charge on any atom is 0.331 e. The van der Waals surface area contributed by atoms with Crippen molar-refractivity contribution in [3.8, 4) is 0 Å². The number of amides is 2. The lowest BCUT2D eigenvalue weighted by Gasteiger charge is -2.30. The molecule has 2 amide bonds. The molecule has 1 aliphatic carbocycles. The van der Waals surface area contributed by atoms with Crippen LogP contribution in [0.1, 0.15) is 48.7 Å². The zero-order chi connectivity index (χ0) is 19.6. The number of aryl methyl sites for hydroxylation is 1. The number of nitrogens with zero attached hydrogens (tertiary/aromatic N) is 2. The maximum atomic E-state index is 12.2. The summed E-state index contributed by atoms with van der Waals surface area (Å²) >= 11 is 0. The van der Waals surface area contributed by atoms with Crippen LogP contribution in [0.4, 0.5) is 0 Å². The van der Waals surface area contributed by atoms with Crippen LogP contribution in [0.15, 0.2) is 12.1 Å². The lowest BCUT2D eigenvalue weighted by Crippen LogP contribution is -2.45. The fourth-order valence-electron chi connectivity index (χ4n) is 3.73. The normalized spacial score (nSPS) is 20.1. The van der Waals surface area contributed by atoms with Crippen molar-refractivity contribution in [2.75, 3.05) is 19.7 Å². The minimum Gasteiger partial charge on any atom is -0.452 e. The van der Waals surface area contributed by atoms with Crippen molar-refractivity contribution in [3.63, 3.8) is 0 Å². The third kappa shape index (κ3) is 4.59. The number of carbonyl (C=O) groups is 3. The molecule has 2 aliphatic rings. The minimum atomic E-state index is -0.553. The van der Waals surface area contributed by atoms with Crippen molar-refractivity contribution in [1.29, 1.82) is 0 Å². The summed E-state index contributed by atoms with van der Waals surface area (Å²) < 4.78 is 7.38. The van der Waals surface area contributed by atoms with Crippen LogP contribution in [0.25, 0.3) is 6.08 Å². The highest BCUT2D eigenvalue weighted by Gasteiger charge is 2.28. The van der Waals surface area contributed by atoms with E-state index in [1.807, 2.05) is 6.92 Å². The van der Waals surface area contributed by atoms with Crippen LogP contribution < -0.4 is 5.73 Å². The van der Waals surface area contributed by atoms with Gasteiger partial charge in [-0.2, -0.15) is 0 Å². The Kier molecular flexibility index (Phi) is 5.68. The van der Waals surface area contributed by atoms with Gasteiger partial charge in [0.25, 0.3) is 5.91 Å². The number of ether oxygens (including phenoxy) is 1. The summed E-state index contributed by atoms with van der Waals surface area (Å²) in [5.74, 6) is -1.56. The number of hydrogen-bond acceptors (Lipinski definition) is 4. The number of likely N-dealkylation sites (tertiary alicyclic amines) is 1. The molecular formula is C20H27N3O4. The summed E-state index contributed by atoms with van der Waals surface area (Å²) in [5.41, 5.74) is 8.64. The zero-order valence-corrected chi connectivity index (χ0v) is 15.9. The van der Waals surface area contributed by atoms with Gasteiger partial charge in [0.05, 0.1) is 5.92 Å². The van der Waals surface area contributed by atoms with Crippen LogP contribution in [0.5, 0.6) is 0 Å². The van der Waals surface area contributed by atoms with Crippen molar-refractivity contribution in [2.45, 2.75) is 45.6 Å². The van der Waals surface area contributed by atoms with E-state index in [0.29, 0.717) is 25.6 Å². The van der Waals surface area contributed by atoms with E-state index in [0.717, 1.165) is 17.7 Å². The van der Waals surface area contributed by atoms with Gasteiger partial charge in [-0.3, -0.25) is 9.59 Å². The third-order valence-electron chi connectivity index (χ3n) is 5.35. The van der Waals surface area contributed by atoms with Gasteiger partial charge in [-0.05, 0) is 57.2 Å². The Morgan fingerprint density at radius 1 is 1.26 bits per heavy atom. The first-order valence-corrected chi connectivity index (χ1v) is 9.47. The second-order valence-corrected chi connectivity index (χ2v) is 7.45. The Bertz CT molecular complexity index is 776. The predicted octanol–water partition coefficient (Wildman–Crippen LogP) is 1.72. The minimum absolute atomic E-state index is 0.297. The van der Waals surface area contributed by atoms with Crippen molar-refractivity contribution in [1.82, 2.24) is 9.47 Å². The van der Waals surface area contributed by atoms with E-state index in [-0.39, 0.29) is 18.4 Å². The molecule has 7 nitrogen and oxygen atoms in total. The van der Waals surface area contributed by atoms with Gasteiger partial charge in [0.2, 0.25) is 5.91 Å². The largest absolute Gasteiger partial charge is 0.452 e. The average Bonchev–Trinajstić information content (AvgIpc) is 3.43. The number of carbonyl (C=O) groups excluding carboxylic acids is 3. The van der Waals surface area contributed by atoms with E-state index in [2.05, 4.69) is 17.6 Å². The summed E-state index contributed by atoms with van der Waals surface area (Å²) in [6.45, 7) is 4.65. The van der Waals surface area contributed by atoms with Gasteiger partial charge in [-0.25, -0.2) is 4.79 Å². The van der Waals surface area contributed by atoms with Gasteiger partial charge in [0, 0.05) is 36.6 Å². The number of piperidine rings is 1. The Morgan fingerprint density at radius 2 is 2.00 bits per heavy atom. The molecule has 1 aromatic heterocycles. The van der Waals surface area contributed by atoms with Crippen molar-refractivity contribution in [2.24, 2.45) is 11.7 Å². The maximum absolute atomic E-state index is 12.2. The molecule has 1 aromatic rings. The standard InChI is InChI=1S/C20H27N3O4/c1-13-10-15(14(2)23(13)17-6-7-17)5-8-19(25)27-12-18(24)22-9-3-4-16(11-22)20(21)26/h5,8,10,16-17H,3-4,6-7,9,11-12H2,1-2H3,(H2,21,26)/b8-5+/t16-/m1/s1. The topological polar surface area (TPSA) is 94.6 Å². The van der Waals surface area contributed by atoms with E-state index in [9.17, 15) is 14.4 Å². The summed E-state index contributed by atoms with van der Waals surface area (Å²) in [7, 11) is 0. The number of hydrogen-bond donors (Lipinski definition) is 1. The van der Waals surface area contributed by atoms with Gasteiger partial charge in [0.15, 0.2) is 6.61 Å². The number of aromatic nitrogens is 1. The molecule has 0 unspecified atom stereocenters. The first-order valence-electron chi connectivity index (χ1n) is 9.47. The number of primary amides is 1. The van der Waals surface area contributed by atoms with E-state index < -0.39 is 11.9 Å². The Hall–Kier alpha value is -2.57. The van der Waals surface area contributed by atoms with Crippen LogP contribution in [-0.2, 0) is 19.1 Å². The summed E-state index contributed by atoms with van der Waals surface area (Å²) in [4.78, 5) is 37.0. The predicted molar refractivity (Wildman–Crippen MR) is 101 cm³/mol. The molecule has 0 radical (unpaired) electrons. The summed E-state index contributed by atoms with van der Waals surface area (Å²) in [6, 6.07) is 2.64. The monoisotopic (exact) mass is 373 g/mol. The Morgan fingerprint density at radius 3 is 2.67 bits per heavy atom. The smallest absolute Gasteiger partial charge is 0.331 e. The Balaban J connectivity index is 1.51. The van der Waals surface area contributed by atoms with Gasteiger partial charge in [-0.15, -0.1) is 0 Å². The third-order valence-corrected chi connectivity index (χ3v) is 5.35. The molecule has 1 saturated heterocycles. The van der Waals surface area contributed by atoms with Gasteiger partial charge in [0.1, 0.15) is 0 Å². The quantitative estimate of drug-likeness (QED) is 0.607. The molecule has 2 fully saturated rings. The molecule has 27 heavy (non-hydrogen) atoms. The highest BCUT2D eigenvalue weighted by molar-refractivity contribution is 5.89. The SMILES string of the molecule is Cc1cc(/C=C/C(=O)OCC(=O)N2CCC[C@@H](C(N)=O)C2)c(C)n1C1CC1. The lowest BCUT2D eigenvalue weighted by molar-refractivity contribution is -0.149. The van der Waals surface area contributed by atoms with Crippen molar-refractivity contribution < 1.29 is 19.1 Å². The summed E-state index contributed by atoms with van der Waals surface area (Å²) in [5, 5.41) is 0. The molecule has 146 valence electrons. The molecule has 1 saturated carbocycles. The average molecular weight is 373 g/mol. The molecule has 3 rings (SSSR count). The Labute approximate surface area is 159 Å². The van der Waals surface area contributed by atoms with Gasteiger partial charge < -0.3 is 19.9 Å². The molecule has 2 heterocycles. The van der Waals surface area contributed by atoms with Gasteiger partial charge in [-0.1, -0.05) is 0 Å². The van der Waals surface area contributed by atoms with Crippen LogP contribution in [-0.4, -0.2) is 46.9 Å². The summed E-state index contributed by atoms with van der Waals surface area (Å²) in [6.07, 6.45) is 6.92. The first-order chi connectivity index (χ1) is 12.9. The van der Waals surface area contributed by atoms with E-state index in [1.165, 1.54) is 24.6 Å². The molecule has 1 atom stereocenters. The molecule has 2 N–H and O–H groups in total. The van der Waals surface area contributed by atoms with Crippen LogP contribution >= 0.6 is 0 Å². The second-order valence-electron chi connectivity index (χ2n) is 7.45. The highest BCUT2D eigenvalue weighted by atomic mass is 16.5. The zero-order valence-electron chi connectivity index (χ0n) is 15.9. The lowest BCUT2D eigenvalue weighted by atomic mass is 9.97. The first kappa shape index (κ1) is 19.2. The number of nitrogens with two attached hydrogens (primary N) is 1. The van der Waals surface area contributed by atoms with Crippen molar-refractivity contribution in [3.05, 3.63) is 29.1 Å². The molecule has 1 aliphatic heterocycles. The van der Waals surface area contributed by atoms with Crippen molar-refractivity contribution >= 4 is 23.9 Å². The van der Waals surface area contributed by atoms with Crippen LogP contribution in [0, 0.1) is 19.8 Å². The number of esters is 1. The molecule has 7 heteroatoms. The highest BCUT2D eigenvalue weighted by Crippen LogP contribution is 2.38. The fourth-order valence-corrected chi connectivity index (χ4v) is 3.73. The van der Waals surface area contributed by atoms with Gasteiger partial charge >= 0.3 is 5.97 Å². The van der Waals surface area contributed by atoms with Crippen LogP contribution in [0.2, 0.25) is 0 Å². The second kappa shape index (κ2) is 7.98. The van der Waals surface area contributed by atoms with Crippen LogP contribution in [0.3, 0.4) is 0 Å². The molecular weight excluding hydrogens is 346 g/mol. The fraction of sp³-hybridized carbons (Fsp3) is 0.550. The molecule has 0 bridgehead atoms. The number of rotatable bonds is 6. The molecule has 0 spiro atoms. The van der Waals surface area contributed by atoms with E-state index in [4.69, 9.17) is 10.5 Å². The van der Waals surface area contributed by atoms with E-state index >= 15 is 0 Å². The molecule has 0 aromatic carbocycles.